The Kier molecular flexibility index (Phi) is 8.07. The van der Waals surface area contributed by atoms with E-state index in [1.165, 1.54) is 6.07 Å². The second-order valence-corrected chi connectivity index (χ2v) is 14.7. The molecule has 3 aromatic rings. The quantitative estimate of drug-likeness (QED) is 0.269. The minimum absolute atomic E-state index is 0.0490. The van der Waals surface area contributed by atoms with Crippen LogP contribution in [-0.4, -0.2) is 63.7 Å². The van der Waals surface area contributed by atoms with E-state index in [0.29, 0.717) is 40.3 Å². The lowest BCUT2D eigenvalue weighted by atomic mass is 9.68. The molecular weight excluding hydrogens is 677 g/mol. The molecule has 0 radical (unpaired) electrons. The first kappa shape index (κ1) is 31.1. The van der Waals surface area contributed by atoms with Crippen LogP contribution < -0.4 is 19.7 Å². The largest absolute Gasteiger partial charge is 0.490 e. The van der Waals surface area contributed by atoms with E-state index >= 15 is 0 Å². The number of benzene rings is 2. The van der Waals surface area contributed by atoms with Crippen LogP contribution in [0.4, 0.5) is 5.69 Å². The van der Waals surface area contributed by atoms with Crippen molar-refractivity contribution in [3.63, 3.8) is 0 Å². The summed E-state index contributed by atoms with van der Waals surface area (Å²) in [5.41, 5.74) is 1.32. The highest BCUT2D eigenvalue weighted by molar-refractivity contribution is 8.00. The van der Waals surface area contributed by atoms with E-state index in [9.17, 15) is 29.1 Å². The first-order chi connectivity index (χ1) is 22.0. The fraction of sp³-hybridized carbons (Fsp3) is 0.387. The summed E-state index contributed by atoms with van der Waals surface area (Å²) in [6, 6.07) is 10.2. The van der Waals surface area contributed by atoms with Gasteiger partial charge in [-0.05, 0) is 67.0 Å². The fourth-order valence-corrected chi connectivity index (χ4v) is 10.9. The third-order valence-corrected chi connectivity index (χ3v) is 12.6. The number of aromatic amines is 1. The predicted octanol–water partition coefficient (Wildman–Crippen LogP) is 4.72. The molecule has 7 rings (SSSR count). The van der Waals surface area contributed by atoms with E-state index in [-0.39, 0.29) is 40.4 Å². The van der Waals surface area contributed by atoms with Gasteiger partial charge in [-0.1, -0.05) is 40.6 Å². The number of amides is 3. The minimum atomic E-state index is -1.23. The normalized spacial score (nSPS) is 27.3. The van der Waals surface area contributed by atoms with Crippen molar-refractivity contribution in [2.75, 3.05) is 25.1 Å². The number of hydrogen-bond acceptors (Lipinski definition) is 9. The van der Waals surface area contributed by atoms with Gasteiger partial charge in [0.25, 0.3) is 5.91 Å². The van der Waals surface area contributed by atoms with Gasteiger partial charge in [0.2, 0.25) is 11.8 Å². The summed E-state index contributed by atoms with van der Waals surface area (Å²) in [6.45, 7) is 1.22. The number of rotatable bonds is 9. The molecule has 46 heavy (non-hydrogen) atoms. The van der Waals surface area contributed by atoms with Crippen LogP contribution in [0, 0.1) is 29.6 Å². The van der Waals surface area contributed by atoms with Crippen molar-refractivity contribution in [2.24, 2.45) is 29.6 Å². The van der Waals surface area contributed by atoms with Gasteiger partial charge in [0.15, 0.2) is 18.1 Å². The molecule has 0 spiro atoms. The number of nitrogens with one attached hydrogen (secondary N) is 2. The number of halogens is 2. The molecule has 2 aliphatic carbocycles. The number of aliphatic carboxylic acids is 1. The Morgan fingerprint density at radius 2 is 1.78 bits per heavy atom. The summed E-state index contributed by atoms with van der Waals surface area (Å²) in [6.07, 6.45) is 0.680. The zero-order valence-corrected chi connectivity index (χ0v) is 27.3. The fourth-order valence-electron chi connectivity index (χ4n) is 7.76. The third kappa shape index (κ3) is 5.17. The van der Waals surface area contributed by atoms with E-state index < -0.39 is 42.1 Å². The van der Waals surface area contributed by atoms with Gasteiger partial charge in [0, 0.05) is 21.7 Å². The van der Waals surface area contributed by atoms with Gasteiger partial charge >= 0.3 is 10.8 Å². The summed E-state index contributed by atoms with van der Waals surface area (Å²) in [5.74, 6) is -3.46. The van der Waals surface area contributed by atoms with Crippen LogP contribution in [-0.2, 0) is 19.2 Å². The molecule has 7 atom stereocenters. The Hall–Kier alpha value is -3.52. The molecule has 1 aromatic heterocycles. The van der Waals surface area contributed by atoms with Crippen molar-refractivity contribution in [2.45, 2.75) is 29.5 Å². The highest BCUT2D eigenvalue weighted by Gasteiger charge is 2.69. The van der Waals surface area contributed by atoms with Crippen LogP contribution >= 0.6 is 46.3 Å². The van der Waals surface area contributed by atoms with Crippen LogP contribution in [0.2, 0.25) is 10.0 Å². The molecule has 3 N–H and O–H groups in total. The zero-order chi connectivity index (χ0) is 32.4. The summed E-state index contributed by atoms with van der Waals surface area (Å²) in [5, 5.41) is 13.4. The first-order valence-corrected chi connectivity index (χ1v) is 17.1. The van der Waals surface area contributed by atoms with Gasteiger partial charge in [-0.2, -0.15) is 0 Å². The van der Waals surface area contributed by atoms with Crippen molar-refractivity contribution in [1.29, 1.82) is 0 Å². The number of carboxylic acid groups (broad SMARTS) is 1. The zero-order valence-electron chi connectivity index (χ0n) is 24.2. The Balaban J connectivity index is 1.18. The molecule has 11 nitrogen and oxygen atoms in total. The molecule has 2 bridgehead atoms. The molecule has 3 heterocycles. The average Bonchev–Trinajstić information content (AvgIpc) is 3.74. The van der Waals surface area contributed by atoms with Crippen LogP contribution in [0.3, 0.4) is 0 Å². The molecular formula is C31H27Cl2N3O8S2. The number of fused-ring (bicyclic) bond motifs is 9. The lowest BCUT2D eigenvalue weighted by Gasteiger charge is -2.43. The topological polar surface area (TPSA) is 155 Å². The molecule has 240 valence electrons. The molecule has 4 aliphatic rings. The number of H-pyrrole nitrogens is 1. The number of nitrogens with zero attached hydrogens (tertiary/aromatic N) is 1. The van der Waals surface area contributed by atoms with E-state index in [1.54, 1.807) is 30.0 Å². The smallest absolute Gasteiger partial charge is 0.323 e. The lowest BCUT2D eigenvalue weighted by molar-refractivity contribution is -0.149. The van der Waals surface area contributed by atoms with E-state index in [0.717, 1.165) is 31.7 Å². The highest BCUT2D eigenvalue weighted by Crippen LogP contribution is 2.68. The summed E-state index contributed by atoms with van der Waals surface area (Å²) >= 11 is 14.7. The number of carboxylic acids is 1. The lowest BCUT2D eigenvalue weighted by Crippen LogP contribution is -2.42. The van der Waals surface area contributed by atoms with Gasteiger partial charge in [-0.25, -0.2) is 0 Å². The van der Waals surface area contributed by atoms with Crippen molar-refractivity contribution in [3.05, 3.63) is 66.6 Å². The van der Waals surface area contributed by atoms with E-state index in [4.69, 9.17) is 32.7 Å². The minimum Gasteiger partial charge on any atom is -0.490 e. The molecule has 3 amide bonds. The third-order valence-electron chi connectivity index (χ3n) is 9.30. The Labute approximate surface area is 280 Å². The number of carbonyl (C=O) groups is 4. The van der Waals surface area contributed by atoms with Gasteiger partial charge in [-0.3, -0.25) is 28.9 Å². The van der Waals surface area contributed by atoms with Crippen LogP contribution in [0.15, 0.2) is 46.2 Å². The van der Waals surface area contributed by atoms with E-state index in [1.807, 2.05) is 19.1 Å². The van der Waals surface area contributed by atoms with Crippen molar-refractivity contribution >= 4 is 75.7 Å². The van der Waals surface area contributed by atoms with Crippen molar-refractivity contribution in [1.82, 2.24) is 9.88 Å². The number of ether oxygens (including phenoxy) is 2. The molecule has 1 saturated heterocycles. The van der Waals surface area contributed by atoms with Gasteiger partial charge < -0.3 is 24.9 Å². The maximum Gasteiger partial charge on any atom is 0.323 e. The molecule has 2 aliphatic heterocycles. The van der Waals surface area contributed by atoms with Crippen molar-refractivity contribution < 1.29 is 33.8 Å². The summed E-state index contributed by atoms with van der Waals surface area (Å²) in [7, 11) is 0. The Morgan fingerprint density at radius 1 is 1.02 bits per heavy atom. The second-order valence-electron chi connectivity index (χ2n) is 11.7. The van der Waals surface area contributed by atoms with Gasteiger partial charge in [0.1, 0.15) is 6.54 Å². The number of thiazole rings is 1. The maximum absolute atomic E-state index is 13.4. The molecule has 2 aromatic carbocycles. The number of imide groups is 1. The van der Waals surface area contributed by atoms with E-state index in [2.05, 4.69) is 10.3 Å². The number of thioether (sulfide) groups is 1. The van der Waals surface area contributed by atoms with Gasteiger partial charge in [-0.15, -0.1) is 11.8 Å². The number of hydrogen-bond donors (Lipinski definition) is 3. The predicted molar refractivity (Wildman–Crippen MR) is 171 cm³/mol. The van der Waals surface area contributed by atoms with Crippen LogP contribution in [0.5, 0.6) is 11.5 Å². The first-order valence-electron chi connectivity index (χ1n) is 14.7. The van der Waals surface area contributed by atoms with Gasteiger partial charge in [0.05, 0.1) is 33.5 Å². The highest BCUT2D eigenvalue weighted by atomic mass is 35.5. The Bertz CT molecular complexity index is 1850. The SMILES string of the molecule is CCOc1cc([C@H]2c3sc(=O)[nH]c3SC3C4CC(C5C(=O)N(CC(=O)O)C(=O)C45)C32)ccc1OCC(=O)Nc1ccc(Cl)c(Cl)c1. The number of carbonyl (C=O) groups excluding carboxylic acids is 3. The maximum atomic E-state index is 13.4. The monoisotopic (exact) mass is 703 g/mol. The van der Waals surface area contributed by atoms with Crippen molar-refractivity contribution in [3.8, 4) is 11.5 Å². The number of aromatic nitrogens is 1. The second kappa shape index (κ2) is 11.9. The van der Waals surface area contributed by atoms with Crippen LogP contribution in [0.25, 0.3) is 0 Å². The standard InChI is InChI=1S/C31H27Cl2N3O8S2/c1-2-43-19-7-12(3-6-18(19)44-11-20(37)34-13-4-5-16(32)17(33)8-13)22-23-14-9-15(26(23)45-28-27(22)46-31(42)35-28)25-24(14)29(40)36(30(25)41)10-21(38)39/h3-8,14-15,22-26H,2,9-11H2,1H3,(H,34,37)(H,35,42)(H,38,39)/t14?,15?,22-,23?,24?,25?,26?/m1/s1. The molecule has 6 unspecified atom stereocenters. The molecule has 2 saturated carbocycles. The summed E-state index contributed by atoms with van der Waals surface area (Å²) in [4.78, 5) is 68.0. The average molecular weight is 705 g/mol. The summed E-state index contributed by atoms with van der Waals surface area (Å²) < 4.78 is 11.8. The van der Waals surface area contributed by atoms with Crippen LogP contribution in [0.1, 0.15) is 29.7 Å². The number of anilines is 1. The Morgan fingerprint density at radius 3 is 2.50 bits per heavy atom. The molecule has 3 fully saturated rings. The number of likely N-dealkylation sites (tertiary alicyclic amines) is 1. The molecule has 15 heteroatoms.